The zero-order valence-corrected chi connectivity index (χ0v) is 8.83. The lowest BCUT2D eigenvalue weighted by atomic mass is 10.1. The quantitative estimate of drug-likeness (QED) is 0.767. The molecule has 0 aliphatic heterocycles. The highest BCUT2D eigenvalue weighted by Crippen LogP contribution is 2.12. The standard InChI is InChI=1S/C10H18N2O/c1-7(2)5-10-11-8(3)9(6-13)12(10)4/h7,13H,5-6H2,1-4H3. The second kappa shape index (κ2) is 3.92. The van der Waals surface area contributed by atoms with Crippen molar-refractivity contribution in [1.82, 2.24) is 9.55 Å². The van der Waals surface area contributed by atoms with Crippen LogP contribution in [0.2, 0.25) is 0 Å². The zero-order chi connectivity index (χ0) is 10.0. The van der Waals surface area contributed by atoms with Gasteiger partial charge in [0.25, 0.3) is 0 Å². The summed E-state index contributed by atoms with van der Waals surface area (Å²) in [5.41, 5.74) is 1.87. The minimum atomic E-state index is 0.0768. The topological polar surface area (TPSA) is 38.0 Å². The second-order valence-electron chi connectivity index (χ2n) is 3.88. The molecule has 1 aromatic heterocycles. The van der Waals surface area contributed by atoms with Crippen molar-refractivity contribution < 1.29 is 5.11 Å². The van der Waals surface area contributed by atoms with Crippen LogP contribution in [0.15, 0.2) is 0 Å². The Balaban J connectivity index is 2.96. The first-order valence-corrected chi connectivity index (χ1v) is 4.68. The van der Waals surface area contributed by atoms with Gasteiger partial charge in [-0.15, -0.1) is 0 Å². The summed E-state index contributed by atoms with van der Waals surface area (Å²) in [4.78, 5) is 4.42. The minimum absolute atomic E-state index is 0.0768. The lowest BCUT2D eigenvalue weighted by Gasteiger charge is -2.05. The molecule has 1 rings (SSSR count). The van der Waals surface area contributed by atoms with Crippen molar-refractivity contribution in [3.05, 3.63) is 17.2 Å². The molecule has 0 saturated carbocycles. The van der Waals surface area contributed by atoms with Crippen molar-refractivity contribution in [2.75, 3.05) is 0 Å². The molecule has 13 heavy (non-hydrogen) atoms. The number of hydrogen-bond donors (Lipinski definition) is 1. The van der Waals surface area contributed by atoms with Crippen molar-refractivity contribution in [2.24, 2.45) is 13.0 Å². The number of imidazole rings is 1. The van der Waals surface area contributed by atoms with Gasteiger partial charge in [0, 0.05) is 13.5 Å². The van der Waals surface area contributed by atoms with Gasteiger partial charge in [0.05, 0.1) is 18.0 Å². The number of aromatic nitrogens is 2. The molecule has 0 bridgehead atoms. The number of aryl methyl sites for hydroxylation is 1. The number of aliphatic hydroxyl groups excluding tert-OH is 1. The van der Waals surface area contributed by atoms with Crippen LogP contribution in [-0.4, -0.2) is 14.7 Å². The zero-order valence-electron chi connectivity index (χ0n) is 8.83. The molecule has 0 unspecified atom stereocenters. The maximum atomic E-state index is 9.09. The van der Waals surface area contributed by atoms with Crippen molar-refractivity contribution in [2.45, 2.75) is 33.8 Å². The summed E-state index contributed by atoms with van der Waals surface area (Å²) < 4.78 is 2.00. The predicted octanol–water partition coefficient (Wildman–Crippen LogP) is 1.42. The lowest BCUT2D eigenvalue weighted by Crippen LogP contribution is -2.05. The number of nitrogens with zero attached hydrogens (tertiary/aromatic N) is 2. The Morgan fingerprint density at radius 2 is 2.08 bits per heavy atom. The molecule has 0 radical (unpaired) electrons. The van der Waals surface area contributed by atoms with Crippen molar-refractivity contribution in [3.8, 4) is 0 Å². The van der Waals surface area contributed by atoms with Crippen LogP contribution in [0.1, 0.15) is 31.1 Å². The van der Waals surface area contributed by atoms with Crippen LogP contribution < -0.4 is 0 Å². The third-order valence-corrected chi connectivity index (χ3v) is 2.25. The van der Waals surface area contributed by atoms with Crippen LogP contribution in [0.5, 0.6) is 0 Å². The van der Waals surface area contributed by atoms with Crippen molar-refractivity contribution >= 4 is 0 Å². The van der Waals surface area contributed by atoms with Crippen LogP contribution in [0.3, 0.4) is 0 Å². The molecule has 0 aromatic carbocycles. The first kappa shape index (κ1) is 10.3. The van der Waals surface area contributed by atoms with Gasteiger partial charge in [-0.05, 0) is 12.8 Å². The summed E-state index contributed by atoms with van der Waals surface area (Å²) >= 11 is 0. The Kier molecular flexibility index (Phi) is 3.09. The smallest absolute Gasteiger partial charge is 0.109 e. The number of aliphatic hydroxyl groups is 1. The number of rotatable bonds is 3. The van der Waals surface area contributed by atoms with E-state index in [0.717, 1.165) is 23.6 Å². The van der Waals surface area contributed by atoms with E-state index < -0.39 is 0 Å². The molecule has 3 heteroatoms. The van der Waals surface area contributed by atoms with E-state index in [4.69, 9.17) is 5.11 Å². The summed E-state index contributed by atoms with van der Waals surface area (Å²) in [6.07, 6.45) is 0.970. The molecule has 1 heterocycles. The Bertz CT molecular complexity index is 289. The fourth-order valence-electron chi connectivity index (χ4n) is 1.50. The van der Waals surface area contributed by atoms with Gasteiger partial charge in [-0.2, -0.15) is 0 Å². The molecule has 3 nitrogen and oxygen atoms in total. The maximum Gasteiger partial charge on any atom is 0.109 e. The summed E-state index contributed by atoms with van der Waals surface area (Å²) in [5.74, 6) is 1.67. The summed E-state index contributed by atoms with van der Waals surface area (Å²) in [6, 6.07) is 0. The van der Waals surface area contributed by atoms with Gasteiger partial charge in [-0.25, -0.2) is 4.98 Å². The normalized spacial score (nSPS) is 11.2. The van der Waals surface area contributed by atoms with Gasteiger partial charge in [0.2, 0.25) is 0 Å². The molecular formula is C10H18N2O. The average Bonchev–Trinajstić information content (AvgIpc) is 2.26. The van der Waals surface area contributed by atoms with Crippen LogP contribution in [0, 0.1) is 12.8 Å². The fraction of sp³-hybridized carbons (Fsp3) is 0.700. The molecule has 74 valence electrons. The molecule has 0 amide bonds. The van der Waals surface area contributed by atoms with E-state index in [9.17, 15) is 0 Å². The highest BCUT2D eigenvalue weighted by atomic mass is 16.3. The molecular weight excluding hydrogens is 164 g/mol. The number of hydrogen-bond acceptors (Lipinski definition) is 2. The van der Waals surface area contributed by atoms with Crippen LogP contribution in [0.25, 0.3) is 0 Å². The van der Waals surface area contributed by atoms with Gasteiger partial charge >= 0.3 is 0 Å². The van der Waals surface area contributed by atoms with Crippen LogP contribution in [-0.2, 0) is 20.1 Å². The first-order valence-electron chi connectivity index (χ1n) is 4.68. The fourth-order valence-corrected chi connectivity index (χ4v) is 1.50. The highest BCUT2D eigenvalue weighted by molar-refractivity contribution is 5.14. The Morgan fingerprint density at radius 3 is 2.46 bits per heavy atom. The van der Waals surface area contributed by atoms with E-state index >= 15 is 0 Å². The van der Waals surface area contributed by atoms with E-state index in [1.807, 2.05) is 18.5 Å². The monoisotopic (exact) mass is 182 g/mol. The molecule has 0 saturated heterocycles. The van der Waals surface area contributed by atoms with E-state index in [0.29, 0.717) is 5.92 Å². The predicted molar refractivity (Wildman–Crippen MR) is 52.4 cm³/mol. The summed E-state index contributed by atoms with van der Waals surface area (Å²) in [7, 11) is 1.96. The molecule has 1 aromatic rings. The third kappa shape index (κ3) is 2.10. The Labute approximate surface area is 79.4 Å². The molecule has 0 aliphatic rings. The highest BCUT2D eigenvalue weighted by Gasteiger charge is 2.10. The van der Waals surface area contributed by atoms with E-state index in [-0.39, 0.29) is 6.61 Å². The largest absolute Gasteiger partial charge is 0.390 e. The van der Waals surface area contributed by atoms with Crippen molar-refractivity contribution in [3.63, 3.8) is 0 Å². The SMILES string of the molecule is Cc1nc(CC(C)C)n(C)c1CO. The van der Waals surface area contributed by atoms with Gasteiger partial charge in [-0.1, -0.05) is 13.8 Å². The van der Waals surface area contributed by atoms with Gasteiger partial charge < -0.3 is 9.67 Å². The van der Waals surface area contributed by atoms with Crippen LogP contribution >= 0.6 is 0 Å². The Hall–Kier alpha value is -0.830. The van der Waals surface area contributed by atoms with E-state index in [1.54, 1.807) is 0 Å². The van der Waals surface area contributed by atoms with Crippen molar-refractivity contribution in [1.29, 1.82) is 0 Å². The third-order valence-electron chi connectivity index (χ3n) is 2.25. The Morgan fingerprint density at radius 1 is 1.46 bits per heavy atom. The lowest BCUT2D eigenvalue weighted by molar-refractivity contribution is 0.271. The van der Waals surface area contributed by atoms with E-state index in [1.165, 1.54) is 0 Å². The second-order valence-corrected chi connectivity index (χ2v) is 3.88. The summed E-state index contributed by atoms with van der Waals surface area (Å²) in [5, 5.41) is 9.09. The molecule has 1 N–H and O–H groups in total. The average molecular weight is 182 g/mol. The van der Waals surface area contributed by atoms with Gasteiger partial charge in [0.15, 0.2) is 0 Å². The molecule has 0 atom stereocenters. The summed E-state index contributed by atoms with van der Waals surface area (Å²) in [6.45, 7) is 6.36. The van der Waals surface area contributed by atoms with Crippen LogP contribution in [0.4, 0.5) is 0 Å². The van der Waals surface area contributed by atoms with Gasteiger partial charge in [0.1, 0.15) is 5.82 Å². The maximum absolute atomic E-state index is 9.09. The first-order chi connectivity index (χ1) is 6.06. The molecule has 0 aliphatic carbocycles. The minimum Gasteiger partial charge on any atom is -0.390 e. The van der Waals surface area contributed by atoms with E-state index in [2.05, 4.69) is 18.8 Å². The van der Waals surface area contributed by atoms with Gasteiger partial charge in [-0.3, -0.25) is 0 Å². The molecule has 0 fully saturated rings. The molecule has 0 spiro atoms.